The van der Waals surface area contributed by atoms with E-state index in [1.807, 2.05) is 23.1 Å². The topological polar surface area (TPSA) is 67.2 Å². The Hall–Kier alpha value is -3.48. The Kier molecular flexibility index (Phi) is 5.47. The average molecular weight is 432 g/mol. The number of anilines is 2. The minimum atomic E-state index is -0.453. The summed E-state index contributed by atoms with van der Waals surface area (Å²) < 4.78 is 16.2. The van der Waals surface area contributed by atoms with Gasteiger partial charge in [0.1, 0.15) is 5.82 Å². The molecule has 1 aromatic heterocycles. The Morgan fingerprint density at radius 3 is 2.62 bits per heavy atom. The molecule has 6 nitrogen and oxygen atoms in total. The number of carbonyl (C=O) groups is 2. The first-order chi connectivity index (χ1) is 15.6. The third-order valence-corrected chi connectivity index (χ3v) is 6.57. The summed E-state index contributed by atoms with van der Waals surface area (Å²) in [5.74, 6) is -1.42. The van der Waals surface area contributed by atoms with Crippen LogP contribution < -0.4 is 10.2 Å². The lowest BCUT2D eigenvalue weighted by molar-refractivity contribution is -0.132. The minimum Gasteiger partial charge on any atom is -0.326 e. The maximum absolute atomic E-state index is 14.6. The number of rotatable bonds is 4. The van der Waals surface area contributed by atoms with E-state index >= 15 is 0 Å². The van der Waals surface area contributed by atoms with E-state index in [0.717, 1.165) is 24.9 Å². The molecular formula is C25H25FN4O2. The molecule has 2 amide bonds. The molecular weight excluding hydrogens is 407 g/mol. The zero-order valence-electron chi connectivity index (χ0n) is 17.7. The Bertz CT molecular complexity index is 1140. The van der Waals surface area contributed by atoms with Gasteiger partial charge in [-0.2, -0.15) is 0 Å². The van der Waals surface area contributed by atoms with Gasteiger partial charge in [0.15, 0.2) is 0 Å². The van der Waals surface area contributed by atoms with Crippen LogP contribution in [0, 0.1) is 17.7 Å². The van der Waals surface area contributed by atoms with Crippen LogP contribution in [-0.2, 0) is 16.0 Å². The van der Waals surface area contributed by atoms with Gasteiger partial charge < -0.3 is 14.8 Å². The molecule has 0 bridgehead atoms. The second-order valence-electron chi connectivity index (χ2n) is 8.49. The van der Waals surface area contributed by atoms with E-state index < -0.39 is 11.7 Å². The highest BCUT2D eigenvalue weighted by Gasteiger charge is 2.39. The van der Waals surface area contributed by atoms with E-state index in [2.05, 4.69) is 16.4 Å². The fraction of sp³-hybridized carbons (Fsp3) is 0.320. The molecule has 1 N–H and O–H groups in total. The molecule has 2 heterocycles. The third kappa shape index (κ3) is 3.79. The number of amides is 2. The number of aromatic nitrogens is 2. The smallest absolute Gasteiger partial charge is 0.230 e. The molecule has 1 fully saturated rings. The molecule has 2 aliphatic rings. The summed E-state index contributed by atoms with van der Waals surface area (Å²) in [4.78, 5) is 32.4. The Morgan fingerprint density at radius 2 is 1.84 bits per heavy atom. The summed E-state index contributed by atoms with van der Waals surface area (Å²) in [5.41, 5.74) is 2.88. The summed E-state index contributed by atoms with van der Waals surface area (Å²) in [6, 6.07) is 12.5. The summed E-state index contributed by atoms with van der Waals surface area (Å²) in [6.45, 7) is 0.657. The summed E-state index contributed by atoms with van der Waals surface area (Å²) in [6.07, 6.45) is 8.80. The fourth-order valence-corrected chi connectivity index (χ4v) is 4.94. The standard InChI is InChI=1S/C25H25FN4O2/c26-21-15-18(9-10-23(21)29-14-12-27-16-29)28-24(31)19-6-2-3-7-20(19)25(32)30-13-11-17-5-1-4-8-22(17)30/h1,4-5,8-10,12,14-16,19-20H,2-3,6-7,11,13H2,(H,28,31). The van der Waals surface area contributed by atoms with Gasteiger partial charge in [-0.05, 0) is 49.1 Å². The first-order valence-electron chi connectivity index (χ1n) is 11.1. The van der Waals surface area contributed by atoms with Gasteiger partial charge in [0.2, 0.25) is 11.8 Å². The molecule has 7 heteroatoms. The van der Waals surface area contributed by atoms with Crippen LogP contribution in [0.4, 0.5) is 15.8 Å². The Morgan fingerprint density at radius 1 is 1.03 bits per heavy atom. The van der Waals surface area contributed by atoms with Crippen LogP contribution in [-0.4, -0.2) is 27.9 Å². The van der Waals surface area contributed by atoms with E-state index in [9.17, 15) is 14.0 Å². The lowest BCUT2D eigenvalue weighted by atomic mass is 9.77. The van der Waals surface area contributed by atoms with Crippen LogP contribution in [0.1, 0.15) is 31.2 Å². The number of halogens is 1. The predicted octanol–water partition coefficient (Wildman–Crippen LogP) is 4.35. The summed E-state index contributed by atoms with van der Waals surface area (Å²) in [7, 11) is 0. The van der Waals surface area contributed by atoms with Crippen LogP contribution in [0.5, 0.6) is 0 Å². The zero-order chi connectivity index (χ0) is 22.1. The molecule has 2 atom stereocenters. The van der Waals surface area contributed by atoms with Crippen LogP contribution in [0.2, 0.25) is 0 Å². The molecule has 0 radical (unpaired) electrons. The molecule has 5 rings (SSSR count). The van der Waals surface area contributed by atoms with Gasteiger partial charge in [-0.1, -0.05) is 31.0 Å². The van der Waals surface area contributed by atoms with Crippen molar-refractivity contribution < 1.29 is 14.0 Å². The molecule has 164 valence electrons. The number of fused-ring (bicyclic) bond motifs is 1. The molecule has 1 saturated carbocycles. The van der Waals surface area contributed by atoms with E-state index in [4.69, 9.17) is 0 Å². The lowest BCUT2D eigenvalue weighted by Crippen LogP contribution is -2.43. The molecule has 1 aliphatic carbocycles. The SMILES string of the molecule is O=C(Nc1ccc(-n2ccnc2)c(F)c1)C1CCCCC1C(=O)N1CCc2ccccc21. The largest absolute Gasteiger partial charge is 0.326 e. The number of imidazole rings is 1. The van der Waals surface area contributed by atoms with Crippen molar-refractivity contribution >= 4 is 23.2 Å². The van der Waals surface area contributed by atoms with Gasteiger partial charge in [0.05, 0.1) is 17.9 Å². The lowest BCUT2D eigenvalue weighted by Gasteiger charge is -2.32. The average Bonchev–Trinajstić information content (AvgIpc) is 3.49. The maximum atomic E-state index is 14.6. The second-order valence-corrected chi connectivity index (χ2v) is 8.49. The quantitative estimate of drug-likeness (QED) is 0.667. The van der Waals surface area contributed by atoms with Gasteiger partial charge in [0, 0.05) is 36.2 Å². The van der Waals surface area contributed by atoms with Crippen molar-refractivity contribution in [1.29, 1.82) is 0 Å². The number of para-hydroxylation sites is 1. The number of nitrogens with one attached hydrogen (secondary N) is 1. The van der Waals surface area contributed by atoms with Crippen molar-refractivity contribution in [3.05, 3.63) is 72.6 Å². The zero-order valence-corrected chi connectivity index (χ0v) is 17.7. The van der Waals surface area contributed by atoms with Gasteiger partial charge in [-0.3, -0.25) is 9.59 Å². The number of hydrogen-bond acceptors (Lipinski definition) is 3. The minimum absolute atomic E-state index is 0.0245. The molecule has 32 heavy (non-hydrogen) atoms. The molecule has 0 saturated heterocycles. The van der Waals surface area contributed by atoms with Crippen molar-refractivity contribution in [3.8, 4) is 5.69 Å². The van der Waals surface area contributed by atoms with Gasteiger partial charge >= 0.3 is 0 Å². The molecule has 0 spiro atoms. The highest BCUT2D eigenvalue weighted by molar-refractivity contribution is 6.02. The van der Waals surface area contributed by atoms with Gasteiger partial charge in [0.25, 0.3) is 0 Å². The van der Waals surface area contributed by atoms with Crippen molar-refractivity contribution in [2.45, 2.75) is 32.1 Å². The van der Waals surface area contributed by atoms with E-state index in [1.54, 1.807) is 29.1 Å². The summed E-state index contributed by atoms with van der Waals surface area (Å²) in [5, 5.41) is 2.85. The normalized spacial score (nSPS) is 20.1. The van der Waals surface area contributed by atoms with Crippen LogP contribution >= 0.6 is 0 Å². The van der Waals surface area contributed by atoms with Gasteiger partial charge in [-0.15, -0.1) is 0 Å². The van der Waals surface area contributed by atoms with Gasteiger partial charge in [-0.25, -0.2) is 9.37 Å². The Labute approximate surface area is 186 Å². The second kappa shape index (κ2) is 8.57. The highest BCUT2D eigenvalue weighted by Crippen LogP contribution is 2.36. The van der Waals surface area contributed by atoms with Crippen LogP contribution in [0.25, 0.3) is 5.69 Å². The maximum Gasteiger partial charge on any atom is 0.230 e. The first kappa shape index (κ1) is 20.4. The number of hydrogen-bond donors (Lipinski definition) is 1. The third-order valence-electron chi connectivity index (χ3n) is 6.57. The van der Waals surface area contributed by atoms with Crippen molar-refractivity contribution in [3.63, 3.8) is 0 Å². The molecule has 2 unspecified atom stereocenters. The van der Waals surface area contributed by atoms with E-state index in [0.29, 0.717) is 30.8 Å². The monoisotopic (exact) mass is 432 g/mol. The van der Waals surface area contributed by atoms with Crippen molar-refractivity contribution in [2.75, 3.05) is 16.8 Å². The van der Waals surface area contributed by atoms with E-state index in [1.165, 1.54) is 18.0 Å². The van der Waals surface area contributed by atoms with E-state index in [-0.39, 0.29) is 17.7 Å². The predicted molar refractivity (Wildman–Crippen MR) is 120 cm³/mol. The van der Waals surface area contributed by atoms with Crippen LogP contribution in [0.3, 0.4) is 0 Å². The number of benzene rings is 2. The molecule has 3 aromatic rings. The first-order valence-corrected chi connectivity index (χ1v) is 11.1. The Balaban J connectivity index is 1.32. The molecule has 2 aromatic carbocycles. The van der Waals surface area contributed by atoms with Crippen molar-refractivity contribution in [1.82, 2.24) is 9.55 Å². The highest BCUT2D eigenvalue weighted by atomic mass is 19.1. The fourth-order valence-electron chi connectivity index (χ4n) is 4.94. The number of nitrogens with zero attached hydrogens (tertiary/aromatic N) is 3. The molecule has 1 aliphatic heterocycles. The van der Waals surface area contributed by atoms with Crippen LogP contribution in [0.15, 0.2) is 61.2 Å². The summed E-state index contributed by atoms with van der Waals surface area (Å²) >= 11 is 0. The number of carbonyl (C=O) groups excluding carboxylic acids is 2. The van der Waals surface area contributed by atoms with Crippen molar-refractivity contribution in [2.24, 2.45) is 11.8 Å².